The highest BCUT2D eigenvalue weighted by molar-refractivity contribution is 5.93. The molecule has 4 rings (SSSR count). The van der Waals surface area contributed by atoms with Crippen molar-refractivity contribution in [1.82, 2.24) is 15.0 Å². The molecule has 0 aliphatic carbocycles. The van der Waals surface area contributed by atoms with Gasteiger partial charge in [-0.2, -0.15) is 0 Å². The number of nitrogens with zero attached hydrogens (tertiary/aromatic N) is 3. The third-order valence-corrected chi connectivity index (χ3v) is 4.42. The maximum atomic E-state index is 9.80. The fourth-order valence-electron chi connectivity index (χ4n) is 3.05. The number of pyridine rings is 1. The van der Waals surface area contributed by atoms with Gasteiger partial charge in [-0.15, -0.1) is 0 Å². The zero-order valence-corrected chi connectivity index (χ0v) is 14.6. The van der Waals surface area contributed by atoms with Crippen LogP contribution in [0.1, 0.15) is 11.6 Å². The van der Waals surface area contributed by atoms with Gasteiger partial charge in [0.05, 0.1) is 30.1 Å². The Bertz CT molecular complexity index is 1060. The number of nitrogens with one attached hydrogen (secondary N) is 1. The Labute approximate surface area is 156 Å². The first-order chi connectivity index (χ1) is 13.3. The quantitative estimate of drug-likeness (QED) is 0.506. The lowest BCUT2D eigenvalue weighted by Crippen LogP contribution is -2.17. The van der Waals surface area contributed by atoms with Crippen LogP contribution < -0.4 is 11.1 Å². The summed E-state index contributed by atoms with van der Waals surface area (Å²) < 4.78 is 0. The standard InChI is InChI=1S/C21H19N5O/c22-20-21(26-19(13-27)14-6-2-1-3-7-14)25-18(12-24-20)16-8-4-10-17-15(16)9-5-11-23-17/h1-12,19,27H,13H2,(H2,22,24)(H,25,26)/t19-/m1/s1. The molecular formula is C21H19N5O. The van der Waals surface area contributed by atoms with Gasteiger partial charge in [-0.05, 0) is 17.7 Å². The number of rotatable bonds is 5. The third-order valence-electron chi connectivity index (χ3n) is 4.42. The summed E-state index contributed by atoms with van der Waals surface area (Å²) >= 11 is 0. The van der Waals surface area contributed by atoms with Gasteiger partial charge >= 0.3 is 0 Å². The average Bonchev–Trinajstić information content (AvgIpc) is 2.73. The van der Waals surface area contributed by atoms with Gasteiger partial charge in [0, 0.05) is 17.1 Å². The minimum absolute atomic E-state index is 0.0897. The SMILES string of the molecule is Nc1ncc(-c2cccc3ncccc23)nc1N[C@H](CO)c1ccccc1. The van der Waals surface area contributed by atoms with Crippen molar-refractivity contribution in [1.29, 1.82) is 0 Å². The van der Waals surface area contributed by atoms with Crippen LogP contribution in [0, 0.1) is 0 Å². The molecule has 0 saturated heterocycles. The van der Waals surface area contributed by atoms with Crippen molar-refractivity contribution in [3.8, 4) is 11.3 Å². The molecule has 4 aromatic rings. The van der Waals surface area contributed by atoms with Crippen LogP contribution in [-0.4, -0.2) is 26.7 Å². The summed E-state index contributed by atoms with van der Waals surface area (Å²) in [5.74, 6) is 0.725. The zero-order chi connectivity index (χ0) is 18.6. The predicted octanol–water partition coefficient (Wildman–Crippen LogP) is 3.42. The fraction of sp³-hybridized carbons (Fsp3) is 0.0952. The topological polar surface area (TPSA) is 97.0 Å². The number of nitrogen functional groups attached to an aromatic ring is 1. The molecule has 0 fully saturated rings. The summed E-state index contributed by atoms with van der Waals surface area (Å²) in [5, 5.41) is 14.0. The van der Waals surface area contributed by atoms with Crippen molar-refractivity contribution in [2.75, 3.05) is 17.7 Å². The number of nitrogens with two attached hydrogens (primary N) is 1. The van der Waals surface area contributed by atoms with Gasteiger partial charge in [0.2, 0.25) is 0 Å². The molecule has 1 atom stereocenters. The predicted molar refractivity (Wildman–Crippen MR) is 107 cm³/mol. The van der Waals surface area contributed by atoms with Crippen LogP contribution in [0.4, 0.5) is 11.6 Å². The normalized spacial score (nSPS) is 12.0. The molecule has 0 aliphatic rings. The molecule has 0 saturated carbocycles. The first-order valence-electron chi connectivity index (χ1n) is 8.65. The summed E-state index contributed by atoms with van der Waals surface area (Å²) in [4.78, 5) is 13.3. The smallest absolute Gasteiger partial charge is 0.170 e. The molecule has 0 aliphatic heterocycles. The molecule has 2 aromatic carbocycles. The molecule has 6 heteroatoms. The summed E-state index contributed by atoms with van der Waals surface area (Å²) in [7, 11) is 0. The van der Waals surface area contributed by atoms with Crippen molar-refractivity contribution in [2.24, 2.45) is 0 Å². The van der Waals surface area contributed by atoms with Crippen LogP contribution in [0.2, 0.25) is 0 Å². The monoisotopic (exact) mass is 357 g/mol. The number of benzene rings is 2. The Hall–Kier alpha value is -3.51. The summed E-state index contributed by atoms with van der Waals surface area (Å²) in [5.41, 5.74) is 9.48. The molecule has 6 nitrogen and oxygen atoms in total. The molecule has 4 N–H and O–H groups in total. The molecule has 0 spiro atoms. The van der Waals surface area contributed by atoms with E-state index in [1.54, 1.807) is 12.4 Å². The molecule has 2 aromatic heterocycles. The highest BCUT2D eigenvalue weighted by Gasteiger charge is 2.15. The number of hydrogen-bond donors (Lipinski definition) is 3. The van der Waals surface area contributed by atoms with Crippen molar-refractivity contribution in [3.63, 3.8) is 0 Å². The van der Waals surface area contributed by atoms with Crippen molar-refractivity contribution < 1.29 is 5.11 Å². The summed E-state index contributed by atoms with van der Waals surface area (Å²) in [6.45, 7) is -0.0897. The molecular weight excluding hydrogens is 338 g/mol. The molecule has 134 valence electrons. The van der Waals surface area contributed by atoms with Crippen LogP contribution in [0.5, 0.6) is 0 Å². The summed E-state index contributed by atoms with van der Waals surface area (Å²) in [6.07, 6.45) is 3.41. The van der Waals surface area contributed by atoms with E-state index in [1.165, 1.54) is 0 Å². The first kappa shape index (κ1) is 16.9. The molecule has 0 amide bonds. The lowest BCUT2D eigenvalue weighted by Gasteiger charge is -2.18. The first-order valence-corrected chi connectivity index (χ1v) is 8.65. The second-order valence-electron chi connectivity index (χ2n) is 6.15. The van der Waals surface area contributed by atoms with E-state index in [-0.39, 0.29) is 18.5 Å². The van der Waals surface area contributed by atoms with Crippen molar-refractivity contribution in [2.45, 2.75) is 6.04 Å². The number of aromatic nitrogens is 3. The van der Waals surface area contributed by atoms with Gasteiger partial charge in [0.25, 0.3) is 0 Å². The Balaban J connectivity index is 1.73. The largest absolute Gasteiger partial charge is 0.394 e. The minimum atomic E-state index is -0.327. The lowest BCUT2D eigenvalue weighted by atomic mass is 10.1. The van der Waals surface area contributed by atoms with Gasteiger partial charge in [-0.3, -0.25) is 4.98 Å². The second-order valence-corrected chi connectivity index (χ2v) is 6.15. The average molecular weight is 357 g/mol. The van der Waals surface area contributed by atoms with E-state index in [9.17, 15) is 5.11 Å². The molecule has 0 radical (unpaired) electrons. The number of aliphatic hydroxyl groups excluding tert-OH is 1. The lowest BCUT2D eigenvalue weighted by molar-refractivity contribution is 0.276. The van der Waals surface area contributed by atoms with Gasteiger partial charge in [0.15, 0.2) is 11.6 Å². The number of aliphatic hydroxyl groups is 1. The van der Waals surface area contributed by atoms with Crippen molar-refractivity contribution in [3.05, 3.63) is 78.6 Å². The molecule has 0 bridgehead atoms. The van der Waals surface area contributed by atoms with E-state index in [2.05, 4.69) is 20.3 Å². The number of fused-ring (bicyclic) bond motifs is 1. The Morgan fingerprint density at radius 3 is 2.63 bits per heavy atom. The van der Waals surface area contributed by atoms with E-state index in [0.29, 0.717) is 11.5 Å². The highest BCUT2D eigenvalue weighted by Crippen LogP contribution is 2.29. The maximum Gasteiger partial charge on any atom is 0.170 e. The Kier molecular flexibility index (Phi) is 4.63. The second kappa shape index (κ2) is 7.39. The third kappa shape index (κ3) is 3.43. The number of anilines is 2. The van der Waals surface area contributed by atoms with E-state index >= 15 is 0 Å². The molecule has 27 heavy (non-hydrogen) atoms. The van der Waals surface area contributed by atoms with Gasteiger partial charge in [0.1, 0.15) is 0 Å². The van der Waals surface area contributed by atoms with Crippen LogP contribution in [0.3, 0.4) is 0 Å². The zero-order valence-electron chi connectivity index (χ0n) is 14.6. The van der Waals surface area contributed by atoms with Crippen LogP contribution in [-0.2, 0) is 0 Å². The number of hydrogen-bond acceptors (Lipinski definition) is 6. The molecule has 0 unspecified atom stereocenters. The fourth-order valence-corrected chi connectivity index (χ4v) is 3.05. The van der Waals surface area contributed by atoms with Crippen LogP contribution >= 0.6 is 0 Å². The van der Waals surface area contributed by atoms with Crippen LogP contribution in [0.25, 0.3) is 22.2 Å². The Morgan fingerprint density at radius 2 is 1.81 bits per heavy atom. The highest BCUT2D eigenvalue weighted by atomic mass is 16.3. The maximum absolute atomic E-state index is 9.80. The minimum Gasteiger partial charge on any atom is -0.394 e. The van der Waals surface area contributed by atoms with Crippen LogP contribution in [0.15, 0.2) is 73.1 Å². The van der Waals surface area contributed by atoms with Gasteiger partial charge < -0.3 is 16.2 Å². The van der Waals surface area contributed by atoms with Gasteiger partial charge in [-0.1, -0.05) is 48.5 Å². The van der Waals surface area contributed by atoms with E-state index in [4.69, 9.17) is 5.73 Å². The molecule has 2 heterocycles. The van der Waals surface area contributed by atoms with E-state index in [0.717, 1.165) is 22.0 Å². The van der Waals surface area contributed by atoms with Crippen molar-refractivity contribution >= 4 is 22.5 Å². The van der Waals surface area contributed by atoms with E-state index < -0.39 is 0 Å². The Morgan fingerprint density at radius 1 is 0.963 bits per heavy atom. The van der Waals surface area contributed by atoms with E-state index in [1.807, 2.05) is 60.7 Å². The summed E-state index contributed by atoms with van der Waals surface area (Å²) in [6, 6.07) is 19.1. The van der Waals surface area contributed by atoms with Gasteiger partial charge in [-0.25, -0.2) is 9.97 Å².